The van der Waals surface area contributed by atoms with Crippen molar-refractivity contribution in [2.45, 2.75) is 76.5 Å². The molecule has 6 unspecified atom stereocenters. The molecule has 4 fully saturated rings. The zero-order valence-electron chi connectivity index (χ0n) is 13.5. The molecule has 0 heterocycles. The Morgan fingerprint density at radius 1 is 1.00 bits per heavy atom. The number of halogens is 1. The fourth-order valence-corrected chi connectivity index (χ4v) is 7.66. The summed E-state index contributed by atoms with van der Waals surface area (Å²) in [4.78, 5) is 13.2. The molecule has 0 N–H and O–H groups in total. The van der Waals surface area contributed by atoms with Gasteiger partial charge in [-0.2, -0.15) is 0 Å². The first-order valence-corrected chi connectivity index (χ1v) is 10.0. The topological polar surface area (TPSA) is 17.1 Å². The molecule has 118 valence electrons. The fraction of sp³-hybridized carbons (Fsp3) is 0.947. The van der Waals surface area contributed by atoms with Crippen molar-refractivity contribution in [1.82, 2.24) is 0 Å². The minimum Gasteiger partial charge on any atom is -0.299 e. The van der Waals surface area contributed by atoms with Crippen molar-refractivity contribution >= 4 is 21.7 Å². The van der Waals surface area contributed by atoms with Crippen LogP contribution in [0, 0.1) is 34.5 Å². The third-order valence-electron chi connectivity index (χ3n) is 8.31. The van der Waals surface area contributed by atoms with Crippen LogP contribution >= 0.6 is 15.9 Å². The second-order valence-electron chi connectivity index (χ2n) is 8.95. The van der Waals surface area contributed by atoms with E-state index in [1.807, 2.05) is 0 Å². The zero-order chi connectivity index (χ0) is 14.8. The maximum atomic E-state index is 12.4. The van der Waals surface area contributed by atoms with Crippen LogP contribution in [0.3, 0.4) is 0 Å². The smallest absolute Gasteiger partial charge is 0.139 e. The molecule has 0 amide bonds. The summed E-state index contributed by atoms with van der Waals surface area (Å²) in [5.74, 6) is 3.98. The van der Waals surface area contributed by atoms with E-state index < -0.39 is 0 Å². The number of rotatable bonds is 0. The van der Waals surface area contributed by atoms with E-state index in [1.165, 1.54) is 51.4 Å². The molecule has 0 saturated heterocycles. The van der Waals surface area contributed by atoms with Crippen LogP contribution in [-0.2, 0) is 4.79 Å². The number of alkyl halides is 1. The van der Waals surface area contributed by atoms with Crippen molar-refractivity contribution in [3.8, 4) is 0 Å². The van der Waals surface area contributed by atoms with E-state index in [0.29, 0.717) is 17.1 Å². The molecule has 0 aromatic heterocycles. The molecule has 7 atom stereocenters. The maximum absolute atomic E-state index is 12.4. The average molecular weight is 353 g/mol. The third kappa shape index (κ3) is 1.96. The first-order valence-electron chi connectivity index (χ1n) is 9.12. The van der Waals surface area contributed by atoms with Crippen LogP contribution in [-0.4, -0.2) is 10.6 Å². The molecule has 2 heteroatoms. The van der Waals surface area contributed by atoms with E-state index in [-0.39, 0.29) is 5.41 Å². The van der Waals surface area contributed by atoms with E-state index in [1.54, 1.807) is 0 Å². The van der Waals surface area contributed by atoms with Crippen molar-refractivity contribution in [1.29, 1.82) is 0 Å². The van der Waals surface area contributed by atoms with Gasteiger partial charge in [0.15, 0.2) is 0 Å². The molecule has 0 aliphatic heterocycles. The Morgan fingerprint density at radius 2 is 1.81 bits per heavy atom. The molecule has 21 heavy (non-hydrogen) atoms. The number of hydrogen-bond donors (Lipinski definition) is 0. The van der Waals surface area contributed by atoms with Crippen LogP contribution < -0.4 is 0 Å². The summed E-state index contributed by atoms with van der Waals surface area (Å²) in [6, 6.07) is 0. The molecular formula is C19H29BrO. The highest BCUT2D eigenvalue weighted by Crippen LogP contribution is 2.65. The molecule has 4 rings (SSSR count). The minimum absolute atomic E-state index is 0.0526. The average Bonchev–Trinajstić information content (AvgIpc) is 2.76. The van der Waals surface area contributed by atoms with Crippen molar-refractivity contribution in [3.63, 3.8) is 0 Å². The fourth-order valence-electron chi connectivity index (χ4n) is 6.98. The van der Waals surface area contributed by atoms with Gasteiger partial charge in [-0.3, -0.25) is 4.79 Å². The predicted octanol–water partition coefficient (Wildman–Crippen LogP) is 5.36. The lowest BCUT2D eigenvalue weighted by Crippen LogP contribution is -2.53. The van der Waals surface area contributed by atoms with Gasteiger partial charge in [0.25, 0.3) is 0 Å². The van der Waals surface area contributed by atoms with Crippen LogP contribution in [0.2, 0.25) is 0 Å². The van der Waals surface area contributed by atoms with Crippen LogP contribution in [0.25, 0.3) is 0 Å². The number of ketones is 1. The van der Waals surface area contributed by atoms with Gasteiger partial charge in [0.2, 0.25) is 0 Å². The zero-order valence-corrected chi connectivity index (χ0v) is 15.1. The van der Waals surface area contributed by atoms with Crippen molar-refractivity contribution < 1.29 is 4.79 Å². The van der Waals surface area contributed by atoms with Gasteiger partial charge in [-0.15, -0.1) is 0 Å². The van der Waals surface area contributed by atoms with E-state index in [2.05, 4.69) is 29.8 Å². The number of fused-ring (bicyclic) bond motifs is 5. The second kappa shape index (κ2) is 4.82. The molecule has 4 saturated carbocycles. The lowest BCUT2D eigenvalue weighted by molar-refractivity contribution is -0.138. The van der Waals surface area contributed by atoms with Gasteiger partial charge in [0.05, 0.1) is 0 Å². The van der Waals surface area contributed by atoms with E-state index in [0.717, 1.165) is 29.0 Å². The summed E-state index contributed by atoms with van der Waals surface area (Å²) in [5, 5.41) is 0. The molecule has 4 aliphatic carbocycles. The van der Waals surface area contributed by atoms with E-state index in [9.17, 15) is 4.79 Å². The Hall–Kier alpha value is 0.150. The summed E-state index contributed by atoms with van der Waals surface area (Å²) in [5.41, 5.74) is 0.622. The summed E-state index contributed by atoms with van der Waals surface area (Å²) in [6.45, 7) is 4.90. The maximum Gasteiger partial charge on any atom is 0.139 e. The molecule has 0 aromatic rings. The largest absolute Gasteiger partial charge is 0.299 e. The van der Waals surface area contributed by atoms with Crippen LogP contribution in [0.15, 0.2) is 0 Å². The minimum atomic E-state index is 0.0526. The molecule has 0 aromatic carbocycles. The van der Waals surface area contributed by atoms with E-state index >= 15 is 0 Å². The first kappa shape index (κ1) is 14.7. The summed E-state index contributed by atoms with van der Waals surface area (Å²) in [6.07, 6.45) is 11.5. The Bertz CT molecular complexity index is 460. The third-order valence-corrected chi connectivity index (χ3v) is 9.14. The first-order chi connectivity index (χ1) is 9.95. The van der Waals surface area contributed by atoms with Gasteiger partial charge in [-0.05, 0) is 80.5 Å². The summed E-state index contributed by atoms with van der Waals surface area (Å²) < 4.78 is 0. The van der Waals surface area contributed by atoms with Gasteiger partial charge in [0, 0.05) is 16.7 Å². The van der Waals surface area contributed by atoms with Gasteiger partial charge >= 0.3 is 0 Å². The molecule has 1 nitrogen and oxygen atoms in total. The Labute approximate surface area is 137 Å². The second-order valence-corrected chi connectivity index (χ2v) is 10.2. The van der Waals surface area contributed by atoms with Crippen molar-refractivity contribution in [2.24, 2.45) is 34.5 Å². The Kier molecular flexibility index (Phi) is 3.38. The quantitative estimate of drug-likeness (QED) is 0.536. The molecule has 0 spiro atoms. The summed E-state index contributed by atoms with van der Waals surface area (Å²) >= 11 is 3.88. The lowest BCUT2D eigenvalue weighted by Gasteiger charge is -2.60. The standard InChI is InChI=1S/C19H29BrO/c1-18-9-7-13(20)11-12(18)3-4-14-15-5-6-17(21)19(15,2)10-8-16(14)18/h12-16H,3-11H2,1-2H3/t12?,13?,14?,15?,16?,18?,19-/m0/s1. The number of Topliss-reactive ketones (excluding diaryl/α,β-unsaturated/α-hetero) is 1. The highest BCUT2D eigenvalue weighted by molar-refractivity contribution is 9.09. The van der Waals surface area contributed by atoms with Gasteiger partial charge in [-0.25, -0.2) is 0 Å². The Morgan fingerprint density at radius 3 is 2.62 bits per heavy atom. The Balaban J connectivity index is 1.64. The highest BCUT2D eigenvalue weighted by atomic mass is 79.9. The van der Waals surface area contributed by atoms with E-state index in [4.69, 9.17) is 0 Å². The normalized spacial score (nSPS) is 56.5. The molecule has 4 aliphatic rings. The van der Waals surface area contributed by atoms with Gasteiger partial charge in [-0.1, -0.05) is 29.8 Å². The highest BCUT2D eigenvalue weighted by Gasteiger charge is 2.59. The van der Waals surface area contributed by atoms with Crippen LogP contribution in [0.5, 0.6) is 0 Å². The van der Waals surface area contributed by atoms with Crippen LogP contribution in [0.4, 0.5) is 0 Å². The monoisotopic (exact) mass is 352 g/mol. The summed E-state index contributed by atoms with van der Waals surface area (Å²) in [7, 11) is 0. The van der Waals surface area contributed by atoms with Gasteiger partial charge < -0.3 is 0 Å². The number of hydrogen-bond acceptors (Lipinski definition) is 1. The van der Waals surface area contributed by atoms with Gasteiger partial charge in [0.1, 0.15) is 5.78 Å². The predicted molar refractivity (Wildman–Crippen MR) is 89.4 cm³/mol. The molecule has 0 bridgehead atoms. The van der Waals surface area contributed by atoms with Crippen molar-refractivity contribution in [3.05, 3.63) is 0 Å². The number of carbonyl (C=O) groups excluding carboxylic acids is 1. The number of carbonyl (C=O) groups is 1. The lowest BCUT2D eigenvalue weighted by atomic mass is 9.45. The molecule has 0 radical (unpaired) electrons. The van der Waals surface area contributed by atoms with Crippen LogP contribution in [0.1, 0.15) is 71.6 Å². The SMILES string of the molecule is CC12CCC(Br)CC1CCC1C2CC[C@]2(C)C(=O)CCC12. The van der Waals surface area contributed by atoms with Crippen molar-refractivity contribution in [2.75, 3.05) is 0 Å². The molecular weight excluding hydrogens is 324 g/mol.